The van der Waals surface area contributed by atoms with E-state index in [1.165, 1.54) is 6.08 Å². The lowest BCUT2D eigenvalue weighted by Crippen LogP contribution is -2.28. The summed E-state index contributed by atoms with van der Waals surface area (Å²) in [6, 6.07) is 0. The predicted molar refractivity (Wildman–Crippen MR) is 46.7 cm³/mol. The van der Waals surface area contributed by atoms with E-state index >= 15 is 0 Å². The molecule has 0 saturated heterocycles. The van der Waals surface area contributed by atoms with Crippen LogP contribution in [0.25, 0.3) is 0 Å². The van der Waals surface area contributed by atoms with E-state index in [0.717, 1.165) is 0 Å². The summed E-state index contributed by atoms with van der Waals surface area (Å²) in [6.45, 7) is 0. The fourth-order valence-electron chi connectivity index (χ4n) is 0.770. The Bertz CT molecular complexity index is 412. The molecule has 0 unspecified atom stereocenters. The van der Waals surface area contributed by atoms with Gasteiger partial charge in [0.2, 0.25) is 5.90 Å². The zero-order chi connectivity index (χ0) is 11.7. The number of halogens is 4. The van der Waals surface area contributed by atoms with Gasteiger partial charge in [-0.25, -0.2) is 4.99 Å². The quantitative estimate of drug-likeness (QED) is 0.414. The van der Waals surface area contributed by atoms with Crippen molar-refractivity contribution in [3.05, 3.63) is 11.2 Å². The van der Waals surface area contributed by atoms with Gasteiger partial charge in [0.1, 0.15) is 5.16 Å². The maximum absolute atomic E-state index is 11.9. The average molecular weight is 264 g/mol. The van der Waals surface area contributed by atoms with Gasteiger partial charge in [-0.2, -0.15) is 21.6 Å². The van der Waals surface area contributed by atoms with Gasteiger partial charge in [0.05, 0.1) is 0 Å². The van der Waals surface area contributed by atoms with Crippen LogP contribution in [0.1, 0.15) is 12.8 Å². The highest BCUT2D eigenvalue weighted by Crippen LogP contribution is 2.26. The fourth-order valence-corrected chi connectivity index (χ4v) is 1.44. The number of hydrogen-bond donors (Lipinski definition) is 0. The summed E-state index contributed by atoms with van der Waals surface area (Å²) in [4.78, 5) is 3.32. The monoisotopic (exact) mass is 263 g/mol. The van der Waals surface area contributed by atoms with Crippen molar-refractivity contribution < 1.29 is 25.8 Å². The van der Waals surface area contributed by atoms with Crippen molar-refractivity contribution in [1.82, 2.24) is 0 Å². The van der Waals surface area contributed by atoms with E-state index in [0.29, 0.717) is 0 Å². The number of alkyl halides is 3. The molecule has 0 bridgehead atoms. The van der Waals surface area contributed by atoms with Crippen LogP contribution in [0, 0.1) is 0 Å². The third-order valence-electron chi connectivity index (χ3n) is 1.39. The van der Waals surface area contributed by atoms with Crippen LogP contribution in [0.4, 0.5) is 13.2 Å². The summed E-state index contributed by atoms with van der Waals surface area (Å²) in [5.41, 5.74) is -5.46. The molecule has 0 spiro atoms. The van der Waals surface area contributed by atoms with Gasteiger partial charge in [-0.3, -0.25) is 0 Å². The fraction of sp³-hybridized carbons (Fsp3) is 0.500. The van der Waals surface area contributed by atoms with Crippen molar-refractivity contribution in [3.63, 3.8) is 0 Å². The van der Waals surface area contributed by atoms with Crippen LogP contribution in [-0.2, 0) is 14.3 Å². The smallest absolute Gasteiger partial charge is 0.360 e. The van der Waals surface area contributed by atoms with Gasteiger partial charge in [0.15, 0.2) is 0 Å². The Morgan fingerprint density at radius 3 is 2.53 bits per heavy atom. The standard InChI is InChI=1S/C6H5ClF3NO3S/c7-4-2-1-3-5(11-4)14-15(12,13)6(8,9)10/h2H,1,3H2. The lowest BCUT2D eigenvalue weighted by molar-refractivity contribution is -0.0505. The molecular formula is C6H5ClF3NO3S. The average Bonchev–Trinajstić information content (AvgIpc) is 2.00. The minimum Gasteiger partial charge on any atom is -0.360 e. The Balaban J connectivity index is 2.84. The van der Waals surface area contributed by atoms with E-state index in [1.807, 2.05) is 0 Å². The molecule has 1 aliphatic rings. The van der Waals surface area contributed by atoms with Crippen LogP contribution in [0.2, 0.25) is 0 Å². The third-order valence-corrected chi connectivity index (χ3v) is 2.61. The molecule has 15 heavy (non-hydrogen) atoms. The van der Waals surface area contributed by atoms with E-state index < -0.39 is 21.5 Å². The number of hydrogen-bond acceptors (Lipinski definition) is 4. The van der Waals surface area contributed by atoms with Gasteiger partial charge in [0, 0.05) is 6.42 Å². The Hall–Kier alpha value is -0.760. The normalized spacial score (nSPS) is 18.1. The molecule has 0 amide bonds. The van der Waals surface area contributed by atoms with E-state index in [1.54, 1.807) is 0 Å². The minimum absolute atomic E-state index is 0.0362. The van der Waals surface area contributed by atoms with Crippen LogP contribution in [-0.4, -0.2) is 19.8 Å². The van der Waals surface area contributed by atoms with Crippen LogP contribution in [0.5, 0.6) is 0 Å². The first kappa shape index (κ1) is 12.3. The summed E-state index contributed by atoms with van der Waals surface area (Å²) in [6.07, 6.45) is 1.69. The van der Waals surface area contributed by atoms with Gasteiger partial charge < -0.3 is 4.18 Å². The molecule has 0 aliphatic carbocycles. The number of allylic oxidation sites excluding steroid dienone is 1. The first-order valence-corrected chi connectivity index (χ1v) is 5.45. The van der Waals surface area contributed by atoms with Crippen LogP contribution in [0.3, 0.4) is 0 Å². The molecule has 4 nitrogen and oxygen atoms in total. The van der Waals surface area contributed by atoms with Crippen molar-refractivity contribution in [2.24, 2.45) is 4.99 Å². The zero-order valence-corrected chi connectivity index (χ0v) is 8.66. The first-order valence-electron chi connectivity index (χ1n) is 3.66. The topological polar surface area (TPSA) is 55.7 Å². The van der Waals surface area contributed by atoms with Crippen molar-refractivity contribution in [1.29, 1.82) is 0 Å². The number of nitrogens with zero attached hydrogens (tertiary/aromatic N) is 1. The van der Waals surface area contributed by atoms with Crippen molar-refractivity contribution in [3.8, 4) is 0 Å². The van der Waals surface area contributed by atoms with E-state index in [9.17, 15) is 21.6 Å². The number of rotatable bonds is 1. The molecular weight excluding hydrogens is 259 g/mol. The predicted octanol–water partition coefficient (Wildman–Crippen LogP) is 2.13. The molecule has 0 aromatic rings. The van der Waals surface area contributed by atoms with Gasteiger partial charge >= 0.3 is 15.6 Å². The summed E-state index contributed by atoms with van der Waals surface area (Å²) in [5, 5.41) is -0.0892. The van der Waals surface area contributed by atoms with Gasteiger partial charge in [-0.15, -0.1) is 0 Å². The molecule has 0 radical (unpaired) electrons. The summed E-state index contributed by atoms with van der Waals surface area (Å²) in [7, 11) is -5.64. The Morgan fingerprint density at radius 2 is 2.07 bits per heavy atom. The highest BCUT2D eigenvalue weighted by molar-refractivity contribution is 7.88. The molecule has 9 heteroatoms. The van der Waals surface area contributed by atoms with Gasteiger partial charge in [0.25, 0.3) is 0 Å². The lowest BCUT2D eigenvalue weighted by Gasteiger charge is -2.12. The molecule has 0 saturated carbocycles. The molecule has 0 aromatic carbocycles. The van der Waals surface area contributed by atoms with Crippen LogP contribution < -0.4 is 0 Å². The molecule has 0 fully saturated rings. The maximum atomic E-state index is 11.9. The molecule has 86 valence electrons. The maximum Gasteiger partial charge on any atom is 0.534 e. The van der Waals surface area contributed by atoms with Crippen molar-refractivity contribution >= 4 is 27.6 Å². The second kappa shape index (κ2) is 4.01. The lowest BCUT2D eigenvalue weighted by atomic mass is 10.3. The first-order chi connectivity index (χ1) is 6.72. The van der Waals surface area contributed by atoms with Crippen LogP contribution in [0.15, 0.2) is 16.2 Å². The largest absolute Gasteiger partial charge is 0.534 e. The summed E-state index contributed by atoms with van der Waals surface area (Å²) < 4.78 is 60.5. The third kappa shape index (κ3) is 3.10. The Morgan fingerprint density at radius 1 is 1.47 bits per heavy atom. The highest BCUT2D eigenvalue weighted by Gasteiger charge is 2.49. The summed E-state index contributed by atoms with van der Waals surface area (Å²) in [5.74, 6) is -0.556. The van der Waals surface area contributed by atoms with E-state index in [2.05, 4.69) is 9.18 Å². The molecule has 1 heterocycles. The van der Waals surface area contributed by atoms with Gasteiger partial charge in [-0.05, 0) is 12.5 Å². The Kier molecular flexibility index (Phi) is 3.29. The van der Waals surface area contributed by atoms with Crippen molar-refractivity contribution in [2.75, 3.05) is 0 Å². The molecule has 0 atom stereocenters. The second-order valence-corrected chi connectivity index (χ2v) is 4.48. The number of aliphatic imine (C=N–C) groups is 1. The molecule has 1 aliphatic heterocycles. The SMILES string of the molecule is O=S(=O)(OC1=NC(Cl)=CCC1)C(F)(F)F. The molecule has 0 N–H and O–H groups in total. The highest BCUT2D eigenvalue weighted by atomic mass is 35.5. The summed E-state index contributed by atoms with van der Waals surface area (Å²) >= 11 is 5.37. The molecule has 1 rings (SSSR count). The zero-order valence-electron chi connectivity index (χ0n) is 7.08. The molecule has 0 aromatic heterocycles. The Labute approximate surface area is 88.5 Å². The van der Waals surface area contributed by atoms with Crippen LogP contribution >= 0.6 is 11.6 Å². The van der Waals surface area contributed by atoms with Gasteiger partial charge in [-0.1, -0.05) is 11.6 Å². The minimum atomic E-state index is -5.64. The van der Waals surface area contributed by atoms with Crippen molar-refractivity contribution in [2.45, 2.75) is 18.3 Å². The van der Waals surface area contributed by atoms with E-state index in [4.69, 9.17) is 11.6 Å². The van der Waals surface area contributed by atoms with E-state index in [-0.39, 0.29) is 18.0 Å². The second-order valence-electron chi connectivity index (χ2n) is 2.55.